The Morgan fingerprint density at radius 1 is 1.78 bits per heavy atom. The zero-order chi connectivity index (χ0) is 6.69. The minimum Gasteiger partial charge on any atom is -0.434 e. The summed E-state index contributed by atoms with van der Waals surface area (Å²) in [5.41, 5.74) is 0. The average molecular weight is 192 g/mol. The normalized spacial score (nSPS) is 10.0. The molecule has 0 fully saturated rings. The van der Waals surface area contributed by atoms with Gasteiger partial charge >= 0.3 is 0 Å². The van der Waals surface area contributed by atoms with Gasteiger partial charge in [-0.05, 0) is 15.9 Å². The summed E-state index contributed by atoms with van der Waals surface area (Å²) in [6, 6.07) is 0. The molecular weight excluding hydrogens is 186 g/mol. The Morgan fingerprint density at radius 3 is 3.00 bits per heavy atom. The lowest BCUT2D eigenvalue weighted by molar-refractivity contribution is 0.284. The number of oxazole rings is 1. The molecule has 0 aliphatic heterocycles. The van der Waals surface area contributed by atoms with Crippen LogP contribution in [-0.4, -0.2) is 16.7 Å². The van der Waals surface area contributed by atoms with Crippen molar-refractivity contribution in [2.45, 2.75) is 6.42 Å². The Morgan fingerprint density at radius 2 is 2.56 bits per heavy atom. The third-order valence-electron chi connectivity index (χ3n) is 0.851. The third-order valence-corrected chi connectivity index (χ3v) is 1.22. The SMILES string of the molecule is OCCc1ncc(Br)o1. The van der Waals surface area contributed by atoms with Crippen LogP contribution in [0.5, 0.6) is 0 Å². The number of nitrogens with zero attached hydrogens (tertiary/aromatic N) is 1. The van der Waals surface area contributed by atoms with Gasteiger partial charge in [0.05, 0.1) is 12.8 Å². The summed E-state index contributed by atoms with van der Waals surface area (Å²) in [7, 11) is 0. The van der Waals surface area contributed by atoms with E-state index in [2.05, 4.69) is 20.9 Å². The maximum Gasteiger partial charge on any atom is 0.197 e. The first-order chi connectivity index (χ1) is 4.33. The Hall–Kier alpha value is -0.350. The fraction of sp³-hybridized carbons (Fsp3) is 0.400. The van der Waals surface area contributed by atoms with E-state index in [4.69, 9.17) is 9.52 Å². The van der Waals surface area contributed by atoms with Gasteiger partial charge in [-0.1, -0.05) is 0 Å². The van der Waals surface area contributed by atoms with Crippen molar-refractivity contribution in [3.63, 3.8) is 0 Å². The maximum absolute atomic E-state index is 8.41. The number of halogens is 1. The molecule has 1 aromatic heterocycles. The molecule has 50 valence electrons. The monoisotopic (exact) mass is 191 g/mol. The second-order valence-corrected chi connectivity index (χ2v) is 2.31. The van der Waals surface area contributed by atoms with Crippen molar-refractivity contribution < 1.29 is 9.52 Å². The molecule has 1 N–H and O–H groups in total. The molecular formula is C5H6BrNO2. The first kappa shape index (κ1) is 6.77. The molecule has 3 nitrogen and oxygen atoms in total. The van der Waals surface area contributed by atoms with Crippen molar-refractivity contribution in [1.29, 1.82) is 0 Å². The smallest absolute Gasteiger partial charge is 0.197 e. The summed E-state index contributed by atoms with van der Waals surface area (Å²) >= 11 is 3.09. The molecule has 0 aromatic carbocycles. The molecule has 0 bridgehead atoms. The van der Waals surface area contributed by atoms with Crippen molar-refractivity contribution in [2.24, 2.45) is 0 Å². The van der Waals surface area contributed by atoms with Crippen LogP contribution in [0.4, 0.5) is 0 Å². The van der Waals surface area contributed by atoms with E-state index in [0.717, 1.165) is 0 Å². The predicted molar refractivity (Wildman–Crippen MR) is 35.0 cm³/mol. The van der Waals surface area contributed by atoms with E-state index < -0.39 is 0 Å². The number of aliphatic hydroxyl groups excluding tert-OH is 1. The van der Waals surface area contributed by atoms with Crippen molar-refractivity contribution in [3.05, 3.63) is 16.8 Å². The van der Waals surface area contributed by atoms with Crippen LogP contribution in [-0.2, 0) is 6.42 Å². The van der Waals surface area contributed by atoms with Crippen molar-refractivity contribution in [2.75, 3.05) is 6.61 Å². The minimum absolute atomic E-state index is 0.0763. The quantitative estimate of drug-likeness (QED) is 0.759. The van der Waals surface area contributed by atoms with Crippen LogP contribution in [0, 0.1) is 0 Å². The van der Waals surface area contributed by atoms with E-state index in [1.807, 2.05) is 0 Å². The third kappa shape index (κ3) is 1.80. The predicted octanol–water partition coefficient (Wildman–Crippen LogP) is 0.972. The Kier molecular flexibility index (Phi) is 2.24. The van der Waals surface area contributed by atoms with Gasteiger partial charge in [-0.2, -0.15) is 0 Å². The summed E-state index contributed by atoms with van der Waals surface area (Å²) in [5, 5.41) is 8.41. The zero-order valence-electron chi connectivity index (χ0n) is 4.67. The molecule has 4 heteroatoms. The lowest BCUT2D eigenvalue weighted by Crippen LogP contribution is -1.88. The van der Waals surface area contributed by atoms with E-state index in [0.29, 0.717) is 17.0 Å². The molecule has 0 atom stereocenters. The standard InChI is InChI=1S/C5H6BrNO2/c6-4-3-7-5(9-4)1-2-8/h3,8H,1-2H2. The Bertz CT molecular complexity index is 187. The van der Waals surface area contributed by atoms with Gasteiger partial charge in [0.15, 0.2) is 10.6 Å². The van der Waals surface area contributed by atoms with Crippen LogP contribution in [0.3, 0.4) is 0 Å². The highest BCUT2D eigenvalue weighted by Crippen LogP contribution is 2.10. The van der Waals surface area contributed by atoms with Gasteiger partial charge in [0.1, 0.15) is 0 Å². The number of hydrogen-bond acceptors (Lipinski definition) is 3. The van der Waals surface area contributed by atoms with E-state index in [9.17, 15) is 0 Å². The molecule has 0 aliphatic carbocycles. The van der Waals surface area contributed by atoms with Crippen molar-refractivity contribution in [1.82, 2.24) is 4.98 Å². The van der Waals surface area contributed by atoms with Crippen molar-refractivity contribution in [3.8, 4) is 0 Å². The van der Waals surface area contributed by atoms with E-state index in [1.165, 1.54) is 0 Å². The highest BCUT2D eigenvalue weighted by molar-refractivity contribution is 9.10. The summed E-state index contributed by atoms with van der Waals surface area (Å²) in [4.78, 5) is 3.83. The lowest BCUT2D eigenvalue weighted by atomic mass is 10.5. The minimum atomic E-state index is 0.0763. The molecule has 1 heterocycles. The van der Waals surface area contributed by atoms with Crippen LogP contribution in [0.1, 0.15) is 5.89 Å². The molecule has 0 spiro atoms. The second-order valence-electron chi connectivity index (χ2n) is 1.53. The molecule has 0 unspecified atom stereocenters. The van der Waals surface area contributed by atoms with Crippen LogP contribution in [0.25, 0.3) is 0 Å². The molecule has 0 amide bonds. The number of hydrogen-bond donors (Lipinski definition) is 1. The average Bonchev–Trinajstić information content (AvgIpc) is 2.17. The highest BCUT2D eigenvalue weighted by atomic mass is 79.9. The van der Waals surface area contributed by atoms with Crippen LogP contribution < -0.4 is 0 Å². The maximum atomic E-state index is 8.41. The van der Waals surface area contributed by atoms with Crippen molar-refractivity contribution >= 4 is 15.9 Å². The summed E-state index contributed by atoms with van der Waals surface area (Å²) in [6.45, 7) is 0.0763. The van der Waals surface area contributed by atoms with E-state index in [1.54, 1.807) is 6.20 Å². The molecule has 0 saturated carbocycles. The van der Waals surface area contributed by atoms with Gasteiger partial charge < -0.3 is 9.52 Å². The van der Waals surface area contributed by atoms with Crippen LogP contribution >= 0.6 is 15.9 Å². The molecule has 1 rings (SSSR count). The molecule has 9 heavy (non-hydrogen) atoms. The first-order valence-corrected chi connectivity index (χ1v) is 3.33. The van der Waals surface area contributed by atoms with E-state index >= 15 is 0 Å². The van der Waals surface area contributed by atoms with Crippen LogP contribution in [0.2, 0.25) is 0 Å². The fourth-order valence-electron chi connectivity index (χ4n) is 0.499. The Balaban J connectivity index is 2.61. The summed E-state index contributed by atoms with van der Waals surface area (Å²) in [6.07, 6.45) is 2.04. The number of aromatic nitrogens is 1. The van der Waals surface area contributed by atoms with Gasteiger partial charge in [0, 0.05) is 6.42 Å². The van der Waals surface area contributed by atoms with E-state index in [-0.39, 0.29) is 6.61 Å². The second kappa shape index (κ2) is 2.98. The van der Waals surface area contributed by atoms with Gasteiger partial charge in [-0.15, -0.1) is 0 Å². The molecule has 0 saturated heterocycles. The largest absolute Gasteiger partial charge is 0.434 e. The topological polar surface area (TPSA) is 46.3 Å². The highest BCUT2D eigenvalue weighted by Gasteiger charge is 1.97. The summed E-state index contributed by atoms with van der Waals surface area (Å²) < 4.78 is 5.57. The fourth-order valence-corrected chi connectivity index (χ4v) is 0.788. The molecule has 0 aliphatic rings. The van der Waals surface area contributed by atoms with Gasteiger partial charge in [-0.25, -0.2) is 4.98 Å². The summed E-state index contributed by atoms with van der Waals surface area (Å²) in [5.74, 6) is 0.560. The molecule has 1 aromatic rings. The van der Waals surface area contributed by atoms with Gasteiger partial charge in [0.2, 0.25) is 0 Å². The Labute approximate surface area is 60.8 Å². The molecule has 0 radical (unpaired) electrons. The first-order valence-electron chi connectivity index (χ1n) is 2.54. The van der Waals surface area contributed by atoms with Crippen LogP contribution in [0.15, 0.2) is 15.3 Å². The van der Waals surface area contributed by atoms with Gasteiger partial charge in [-0.3, -0.25) is 0 Å². The number of rotatable bonds is 2. The zero-order valence-corrected chi connectivity index (χ0v) is 6.26. The van der Waals surface area contributed by atoms with Gasteiger partial charge in [0.25, 0.3) is 0 Å². The lowest BCUT2D eigenvalue weighted by Gasteiger charge is -1.84. The number of aliphatic hydroxyl groups is 1.